The van der Waals surface area contributed by atoms with E-state index in [1.54, 1.807) is 11.8 Å². The maximum atomic E-state index is 12.8. The van der Waals surface area contributed by atoms with Gasteiger partial charge in [-0.25, -0.2) is 0 Å². The van der Waals surface area contributed by atoms with Crippen molar-refractivity contribution in [2.45, 2.75) is 51.6 Å². The molecule has 21 heavy (non-hydrogen) atoms. The highest BCUT2D eigenvalue weighted by atomic mass is 35.5. The highest BCUT2D eigenvalue weighted by Crippen LogP contribution is 2.26. The van der Waals surface area contributed by atoms with Crippen LogP contribution in [0.1, 0.15) is 38.5 Å². The molecule has 0 spiro atoms. The molecule has 6 heteroatoms. The fourth-order valence-electron chi connectivity index (χ4n) is 2.73. The van der Waals surface area contributed by atoms with Gasteiger partial charge in [0, 0.05) is 11.4 Å². The first-order valence-electron chi connectivity index (χ1n) is 7.31. The molecule has 1 aliphatic heterocycles. The largest absolute Gasteiger partial charge is 0.340 e. The van der Waals surface area contributed by atoms with E-state index in [0.717, 1.165) is 15.6 Å². The average molecular weight is 329 g/mol. The predicted molar refractivity (Wildman–Crippen MR) is 85.7 cm³/mol. The summed E-state index contributed by atoms with van der Waals surface area (Å²) in [6, 6.07) is 3.41. The third kappa shape index (κ3) is 3.09. The molecule has 0 radical (unpaired) electrons. The number of carbonyl (C=O) groups excluding carboxylic acids is 2. The Bertz CT molecular complexity index is 540. The van der Waals surface area contributed by atoms with Crippen LogP contribution in [0.5, 0.6) is 0 Å². The molecule has 1 saturated heterocycles. The second-order valence-corrected chi connectivity index (χ2v) is 7.21. The van der Waals surface area contributed by atoms with Crippen LogP contribution in [0.25, 0.3) is 0 Å². The topological polar surface area (TPSA) is 49.4 Å². The van der Waals surface area contributed by atoms with E-state index in [4.69, 9.17) is 11.6 Å². The Morgan fingerprint density at radius 2 is 2.00 bits per heavy atom. The monoisotopic (exact) mass is 328 g/mol. The minimum atomic E-state index is -0.739. The Labute approximate surface area is 134 Å². The number of nitrogens with one attached hydrogen (secondary N) is 1. The van der Waals surface area contributed by atoms with E-state index >= 15 is 0 Å². The molecule has 2 rings (SSSR count). The van der Waals surface area contributed by atoms with E-state index in [2.05, 4.69) is 5.32 Å². The van der Waals surface area contributed by atoms with Gasteiger partial charge in [0.05, 0.1) is 4.34 Å². The van der Waals surface area contributed by atoms with Crippen LogP contribution in [-0.2, 0) is 16.0 Å². The number of thiophene rings is 1. The molecule has 1 atom stereocenters. The van der Waals surface area contributed by atoms with Gasteiger partial charge >= 0.3 is 0 Å². The number of carbonyl (C=O) groups is 2. The van der Waals surface area contributed by atoms with Crippen LogP contribution in [0.15, 0.2) is 12.1 Å². The first kappa shape index (κ1) is 16.3. The second kappa shape index (κ2) is 6.36. The lowest BCUT2D eigenvalue weighted by molar-refractivity contribution is -0.154. The first-order chi connectivity index (χ1) is 9.93. The van der Waals surface area contributed by atoms with Crippen LogP contribution in [0.4, 0.5) is 0 Å². The quantitative estimate of drug-likeness (QED) is 0.903. The van der Waals surface area contributed by atoms with Crippen LogP contribution in [0, 0.1) is 0 Å². The normalized spacial score (nSPS) is 21.5. The maximum Gasteiger partial charge on any atom is 0.248 e. The molecule has 0 aliphatic carbocycles. The Balaban J connectivity index is 2.15. The summed E-state index contributed by atoms with van der Waals surface area (Å²) in [4.78, 5) is 27.8. The van der Waals surface area contributed by atoms with Crippen molar-refractivity contribution < 1.29 is 9.59 Å². The zero-order valence-corrected chi connectivity index (χ0v) is 14.2. The minimum absolute atomic E-state index is 0.0299. The molecule has 1 N–H and O–H groups in total. The Morgan fingerprint density at radius 1 is 1.33 bits per heavy atom. The van der Waals surface area contributed by atoms with Crippen LogP contribution in [0.2, 0.25) is 4.34 Å². The van der Waals surface area contributed by atoms with Crippen LogP contribution < -0.4 is 5.32 Å². The van der Waals surface area contributed by atoms with E-state index in [-0.39, 0.29) is 11.8 Å². The molecule has 4 nitrogen and oxygen atoms in total. The van der Waals surface area contributed by atoms with Gasteiger partial charge in [-0.1, -0.05) is 25.4 Å². The molecule has 116 valence electrons. The average Bonchev–Trinajstić information content (AvgIpc) is 2.89. The summed E-state index contributed by atoms with van der Waals surface area (Å²) in [5.74, 6) is -0.0373. The highest BCUT2D eigenvalue weighted by Gasteiger charge is 2.47. The summed E-state index contributed by atoms with van der Waals surface area (Å²) in [5, 5.41) is 2.91. The minimum Gasteiger partial charge on any atom is -0.340 e. The van der Waals surface area contributed by atoms with E-state index in [0.29, 0.717) is 19.4 Å². The van der Waals surface area contributed by atoms with Gasteiger partial charge in [-0.15, -0.1) is 11.3 Å². The number of halogens is 1. The molecular weight excluding hydrogens is 308 g/mol. The molecule has 1 unspecified atom stereocenters. The molecule has 1 fully saturated rings. The van der Waals surface area contributed by atoms with Crippen LogP contribution in [0.3, 0.4) is 0 Å². The molecule has 0 aromatic carbocycles. The van der Waals surface area contributed by atoms with Gasteiger partial charge in [-0.2, -0.15) is 0 Å². The van der Waals surface area contributed by atoms with Crippen molar-refractivity contribution in [1.82, 2.24) is 10.2 Å². The molecule has 0 bridgehead atoms. The fraction of sp³-hybridized carbons (Fsp3) is 0.600. The highest BCUT2D eigenvalue weighted by molar-refractivity contribution is 7.16. The number of hydrogen-bond donors (Lipinski definition) is 1. The van der Waals surface area contributed by atoms with Gasteiger partial charge < -0.3 is 10.2 Å². The van der Waals surface area contributed by atoms with Gasteiger partial charge in [-0.05, 0) is 38.3 Å². The van der Waals surface area contributed by atoms with E-state index < -0.39 is 11.6 Å². The lowest BCUT2D eigenvalue weighted by Crippen LogP contribution is -2.69. The molecule has 2 heterocycles. The van der Waals surface area contributed by atoms with Gasteiger partial charge in [-0.3, -0.25) is 9.59 Å². The van der Waals surface area contributed by atoms with Crippen molar-refractivity contribution in [3.05, 3.63) is 21.3 Å². The second-order valence-electron chi connectivity index (χ2n) is 5.41. The summed E-state index contributed by atoms with van der Waals surface area (Å²) in [6.45, 7) is 6.21. The van der Waals surface area contributed by atoms with Gasteiger partial charge in [0.25, 0.3) is 0 Å². The lowest BCUT2D eigenvalue weighted by atomic mass is 9.87. The Morgan fingerprint density at radius 3 is 2.52 bits per heavy atom. The van der Waals surface area contributed by atoms with E-state index in [1.165, 1.54) is 11.3 Å². The molecular formula is C15H21ClN2O2S. The summed E-state index contributed by atoms with van der Waals surface area (Å²) in [6.07, 6.45) is 1.95. The van der Waals surface area contributed by atoms with Gasteiger partial charge in [0.2, 0.25) is 11.8 Å². The predicted octanol–water partition coefficient (Wildman–Crippen LogP) is 2.85. The maximum absolute atomic E-state index is 12.8. The van der Waals surface area contributed by atoms with Crippen molar-refractivity contribution in [3.63, 3.8) is 0 Å². The third-order valence-electron chi connectivity index (χ3n) is 4.31. The number of rotatable bonds is 5. The number of amides is 2. The van der Waals surface area contributed by atoms with Crippen molar-refractivity contribution >= 4 is 34.8 Å². The van der Waals surface area contributed by atoms with E-state index in [1.807, 2.05) is 26.0 Å². The molecule has 1 aromatic heterocycles. The molecule has 2 amide bonds. The molecule has 0 saturated carbocycles. The summed E-state index contributed by atoms with van der Waals surface area (Å²) < 4.78 is 0.747. The number of nitrogens with zero attached hydrogens (tertiary/aromatic N) is 1. The summed E-state index contributed by atoms with van der Waals surface area (Å²) in [7, 11) is 0. The zero-order valence-electron chi connectivity index (χ0n) is 12.6. The van der Waals surface area contributed by atoms with Crippen molar-refractivity contribution in [2.24, 2.45) is 0 Å². The summed E-state index contributed by atoms with van der Waals surface area (Å²) in [5.41, 5.74) is -0.739. The Kier molecular flexibility index (Phi) is 4.94. The summed E-state index contributed by atoms with van der Waals surface area (Å²) >= 11 is 7.44. The third-order valence-corrected chi connectivity index (χ3v) is 5.61. The smallest absolute Gasteiger partial charge is 0.248 e. The van der Waals surface area contributed by atoms with Crippen LogP contribution >= 0.6 is 22.9 Å². The number of hydrogen-bond acceptors (Lipinski definition) is 3. The lowest BCUT2D eigenvalue weighted by Gasteiger charge is -2.44. The van der Waals surface area contributed by atoms with Gasteiger partial charge in [0.15, 0.2) is 0 Å². The fourth-order valence-corrected chi connectivity index (χ4v) is 3.80. The number of piperazine rings is 1. The molecule has 1 aliphatic rings. The van der Waals surface area contributed by atoms with E-state index in [9.17, 15) is 9.59 Å². The van der Waals surface area contributed by atoms with Gasteiger partial charge in [0.1, 0.15) is 11.6 Å². The SMILES string of the molecule is CCC1(CC)NC(=O)C(C)N(CCc2ccc(Cl)s2)C1=O. The van der Waals surface area contributed by atoms with Crippen LogP contribution in [-0.4, -0.2) is 34.8 Å². The van der Waals surface area contributed by atoms with Crippen molar-refractivity contribution in [3.8, 4) is 0 Å². The van der Waals surface area contributed by atoms with Crippen molar-refractivity contribution in [1.29, 1.82) is 0 Å². The zero-order chi connectivity index (χ0) is 15.6. The molecule has 1 aromatic rings. The van der Waals surface area contributed by atoms with Crippen molar-refractivity contribution in [2.75, 3.05) is 6.54 Å². The first-order valence-corrected chi connectivity index (χ1v) is 8.50. The standard InChI is InChI=1S/C15H21ClN2O2S/c1-4-15(5-2)14(20)18(10(3)13(19)17-15)9-8-11-6-7-12(16)21-11/h6-7,10H,4-5,8-9H2,1-3H3,(H,17,19). The Hall–Kier alpha value is -1.07.